The number of rotatable bonds is 4. The Morgan fingerprint density at radius 2 is 1.88 bits per heavy atom. The maximum absolute atomic E-state index is 5.47. The van der Waals surface area contributed by atoms with Gasteiger partial charge in [-0.15, -0.1) is 0 Å². The molecule has 100 valence electrons. The molecule has 0 saturated carbocycles. The van der Waals surface area contributed by atoms with E-state index in [-0.39, 0.29) is 0 Å². The van der Waals surface area contributed by atoms with E-state index in [0.717, 1.165) is 32.2 Å². The molecule has 2 fully saturated rings. The van der Waals surface area contributed by atoms with Crippen molar-refractivity contribution in [1.82, 2.24) is 15.5 Å². The summed E-state index contributed by atoms with van der Waals surface area (Å²) in [5.74, 6) is 0.777. The molecule has 2 aliphatic heterocycles. The van der Waals surface area contributed by atoms with Crippen LogP contribution >= 0.6 is 0 Å². The number of ether oxygens (including phenoxy) is 1. The summed E-state index contributed by atoms with van der Waals surface area (Å²) in [6, 6.07) is 1.24. The van der Waals surface area contributed by atoms with E-state index in [1.807, 2.05) is 0 Å². The lowest BCUT2D eigenvalue weighted by Gasteiger charge is -2.41. The Kier molecular flexibility index (Phi) is 5.22. The second-order valence-corrected chi connectivity index (χ2v) is 5.29. The van der Waals surface area contributed by atoms with Gasteiger partial charge in [0.25, 0.3) is 0 Å². The van der Waals surface area contributed by atoms with Crippen LogP contribution in [0.3, 0.4) is 0 Å². The Balaban J connectivity index is 1.90. The number of likely N-dealkylation sites (N-methyl/N-ethyl adjacent to an activating group) is 1. The third-order valence-electron chi connectivity index (χ3n) is 4.35. The van der Waals surface area contributed by atoms with Crippen LogP contribution in [-0.2, 0) is 4.74 Å². The minimum atomic E-state index is 0.608. The average molecular weight is 241 g/mol. The quantitative estimate of drug-likeness (QED) is 0.742. The van der Waals surface area contributed by atoms with Crippen molar-refractivity contribution in [3.63, 3.8) is 0 Å². The minimum Gasteiger partial charge on any atom is -0.381 e. The first-order chi connectivity index (χ1) is 8.33. The molecule has 17 heavy (non-hydrogen) atoms. The molecule has 0 aliphatic carbocycles. The van der Waals surface area contributed by atoms with Crippen molar-refractivity contribution in [1.29, 1.82) is 0 Å². The number of hydrogen-bond acceptors (Lipinski definition) is 4. The molecule has 2 unspecified atom stereocenters. The molecule has 0 aromatic heterocycles. The molecule has 0 aromatic carbocycles. The second-order valence-electron chi connectivity index (χ2n) is 5.29. The summed E-state index contributed by atoms with van der Waals surface area (Å²) in [7, 11) is 2.11. The fourth-order valence-corrected chi connectivity index (χ4v) is 3.26. The summed E-state index contributed by atoms with van der Waals surface area (Å²) in [5, 5.41) is 6.98. The molecule has 0 radical (unpaired) electrons. The maximum atomic E-state index is 5.47. The Hall–Kier alpha value is -0.160. The SMILES string of the molecule is CNC(C1CCOCC1)C(C)N1CCNCC1. The number of hydrogen-bond donors (Lipinski definition) is 2. The molecule has 4 heteroatoms. The fraction of sp³-hybridized carbons (Fsp3) is 1.00. The van der Waals surface area contributed by atoms with Crippen molar-refractivity contribution in [2.45, 2.75) is 31.8 Å². The van der Waals surface area contributed by atoms with E-state index < -0.39 is 0 Å². The van der Waals surface area contributed by atoms with E-state index in [0.29, 0.717) is 12.1 Å². The van der Waals surface area contributed by atoms with Gasteiger partial charge >= 0.3 is 0 Å². The molecular weight excluding hydrogens is 214 g/mol. The van der Waals surface area contributed by atoms with Gasteiger partial charge in [0.2, 0.25) is 0 Å². The van der Waals surface area contributed by atoms with Gasteiger partial charge in [0.15, 0.2) is 0 Å². The molecule has 2 N–H and O–H groups in total. The summed E-state index contributed by atoms with van der Waals surface area (Å²) in [6.07, 6.45) is 2.42. The standard InChI is InChI=1S/C13H27N3O/c1-11(16-7-5-15-6-8-16)13(14-2)12-3-9-17-10-4-12/h11-15H,3-10H2,1-2H3. The van der Waals surface area contributed by atoms with Crippen molar-refractivity contribution in [2.24, 2.45) is 5.92 Å². The molecule has 0 aromatic rings. The van der Waals surface area contributed by atoms with Gasteiger partial charge in [0.05, 0.1) is 0 Å². The monoisotopic (exact) mass is 241 g/mol. The van der Waals surface area contributed by atoms with Crippen LogP contribution in [0.2, 0.25) is 0 Å². The molecule has 0 bridgehead atoms. The van der Waals surface area contributed by atoms with Gasteiger partial charge in [-0.05, 0) is 32.7 Å². The van der Waals surface area contributed by atoms with Gasteiger partial charge in [-0.2, -0.15) is 0 Å². The Labute approximate surface area is 105 Å². The summed E-state index contributed by atoms with van der Waals surface area (Å²) in [5.41, 5.74) is 0. The average Bonchev–Trinajstić information content (AvgIpc) is 2.42. The minimum absolute atomic E-state index is 0.608. The third kappa shape index (κ3) is 3.41. The largest absolute Gasteiger partial charge is 0.381 e. The maximum Gasteiger partial charge on any atom is 0.0469 e. The Morgan fingerprint density at radius 1 is 1.24 bits per heavy atom. The van der Waals surface area contributed by atoms with Crippen LogP contribution in [0.25, 0.3) is 0 Å². The van der Waals surface area contributed by atoms with Gasteiger partial charge in [-0.1, -0.05) is 0 Å². The van der Waals surface area contributed by atoms with Gasteiger partial charge in [-0.3, -0.25) is 4.90 Å². The lowest BCUT2D eigenvalue weighted by Crippen LogP contribution is -2.56. The van der Waals surface area contributed by atoms with Crippen LogP contribution < -0.4 is 10.6 Å². The van der Waals surface area contributed by atoms with Gasteiger partial charge in [-0.25, -0.2) is 0 Å². The van der Waals surface area contributed by atoms with E-state index in [1.165, 1.54) is 25.9 Å². The first-order valence-corrected chi connectivity index (χ1v) is 7.02. The molecule has 4 nitrogen and oxygen atoms in total. The molecule has 2 heterocycles. The van der Waals surface area contributed by atoms with Gasteiger partial charge in [0.1, 0.15) is 0 Å². The fourth-order valence-electron chi connectivity index (χ4n) is 3.26. The molecule has 2 saturated heterocycles. The predicted octanol–water partition coefficient (Wildman–Crippen LogP) is 0.295. The Bertz CT molecular complexity index is 213. The van der Waals surface area contributed by atoms with Crippen molar-refractivity contribution < 1.29 is 4.74 Å². The van der Waals surface area contributed by atoms with Crippen LogP contribution in [0.15, 0.2) is 0 Å². The van der Waals surface area contributed by atoms with E-state index in [9.17, 15) is 0 Å². The van der Waals surface area contributed by atoms with Crippen LogP contribution in [0.4, 0.5) is 0 Å². The molecule has 0 amide bonds. The van der Waals surface area contributed by atoms with E-state index in [2.05, 4.69) is 29.5 Å². The van der Waals surface area contributed by atoms with Crippen LogP contribution in [0.1, 0.15) is 19.8 Å². The highest BCUT2D eigenvalue weighted by Crippen LogP contribution is 2.23. The van der Waals surface area contributed by atoms with Crippen molar-refractivity contribution in [2.75, 3.05) is 46.4 Å². The molecule has 2 atom stereocenters. The number of nitrogens with zero attached hydrogens (tertiary/aromatic N) is 1. The zero-order valence-electron chi connectivity index (χ0n) is 11.2. The van der Waals surface area contributed by atoms with E-state index in [1.54, 1.807) is 0 Å². The highest BCUT2D eigenvalue weighted by Gasteiger charge is 2.30. The van der Waals surface area contributed by atoms with Crippen LogP contribution in [0, 0.1) is 5.92 Å². The third-order valence-corrected chi connectivity index (χ3v) is 4.35. The lowest BCUT2D eigenvalue weighted by atomic mass is 9.87. The predicted molar refractivity (Wildman–Crippen MR) is 70.3 cm³/mol. The molecular formula is C13H27N3O. The number of piperazine rings is 1. The summed E-state index contributed by atoms with van der Waals surface area (Å²) in [6.45, 7) is 8.89. The van der Waals surface area contributed by atoms with Crippen LogP contribution in [-0.4, -0.2) is 63.4 Å². The lowest BCUT2D eigenvalue weighted by molar-refractivity contribution is 0.0351. The van der Waals surface area contributed by atoms with Crippen molar-refractivity contribution in [3.05, 3.63) is 0 Å². The smallest absolute Gasteiger partial charge is 0.0469 e. The molecule has 2 rings (SSSR count). The van der Waals surface area contributed by atoms with Crippen LogP contribution in [0.5, 0.6) is 0 Å². The van der Waals surface area contributed by atoms with Crippen molar-refractivity contribution in [3.8, 4) is 0 Å². The van der Waals surface area contributed by atoms with Gasteiger partial charge in [0, 0.05) is 51.5 Å². The topological polar surface area (TPSA) is 36.5 Å². The second kappa shape index (κ2) is 6.69. The van der Waals surface area contributed by atoms with Gasteiger partial charge < -0.3 is 15.4 Å². The number of nitrogens with one attached hydrogen (secondary N) is 2. The molecule has 0 spiro atoms. The summed E-state index contributed by atoms with van der Waals surface area (Å²) < 4.78 is 5.47. The van der Waals surface area contributed by atoms with Crippen molar-refractivity contribution >= 4 is 0 Å². The highest BCUT2D eigenvalue weighted by atomic mass is 16.5. The normalized spacial score (nSPS) is 27.9. The Morgan fingerprint density at radius 3 is 2.47 bits per heavy atom. The summed E-state index contributed by atoms with van der Waals surface area (Å²) in [4.78, 5) is 2.62. The molecule has 2 aliphatic rings. The first-order valence-electron chi connectivity index (χ1n) is 7.02. The highest BCUT2D eigenvalue weighted by molar-refractivity contribution is 4.88. The first kappa shape index (κ1) is 13.3. The summed E-state index contributed by atoms with van der Waals surface area (Å²) >= 11 is 0. The zero-order chi connectivity index (χ0) is 12.1. The zero-order valence-corrected chi connectivity index (χ0v) is 11.2. The van der Waals surface area contributed by atoms with E-state index >= 15 is 0 Å². The van der Waals surface area contributed by atoms with E-state index in [4.69, 9.17) is 4.74 Å².